The van der Waals surface area contributed by atoms with Gasteiger partial charge in [0.25, 0.3) is 0 Å². The molecule has 4 rings (SSSR count). The van der Waals surface area contributed by atoms with E-state index in [1.54, 1.807) is 14.2 Å². The molecule has 1 fully saturated rings. The van der Waals surface area contributed by atoms with Crippen LogP contribution in [0.1, 0.15) is 31.0 Å². The van der Waals surface area contributed by atoms with Crippen molar-refractivity contribution in [2.75, 3.05) is 38.4 Å². The number of anilines is 2. The van der Waals surface area contributed by atoms with E-state index in [9.17, 15) is 0 Å². The van der Waals surface area contributed by atoms with Gasteiger partial charge in [-0.15, -0.1) is 0 Å². The monoisotopic (exact) mass is 383 g/mol. The maximum atomic E-state index is 6.17. The molecular weight excluding hydrogens is 358 g/mol. The highest BCUT2D eigenvalue weighted by Gasteiger charge is 2.24. The summed E-state index contributed by atoms with van der Waals surface area (Å²) in [6.07, 6.45) is 2.49. The molecule has 0 spiro atoms. The molecule has 1 aliphatic heterocycles. The van der Waals surface area contributed by atoms with Gasteiger partial charge in [-0.1, -0.05) is 0 Å². The van der Waals surface area contributed by atoms with Crippen molar-refractivity contribution in [2.24, 2.45) is 0 Å². The summed E-state index contributed by atoms with van der Waals surface area (Å²) in [7, 11) is 3.28. The number of nitrogens with one attached hydrogen (secondary N) is 2. The first-order valence-electron chi connectivity index (χ1n) is 9.29. The van der Waals surface area contributed by atoms with Crippen LogP contribution >= 0.6 is 0 Å². The van der Waals surface area contributed by atoms with Crippen LogP contribution < -0.4 is 25.8 Å². The van der Waals surface area contributed by atoms with Crippen LogP contribution in [0.15, 0.2) is 24.5 Å². The fourth-order valence-electron chi connectivity index (χ4n) is 3.57. The number of hydrogen-bond donors (Lipinski definition) is 3. The largest absolute Gasteiger partial charge is 0.497 e. The normalized spacial score (nSPS) is 17.6. The van der Waals surface area contributed by atoms with E-state index in [-0.39, 0.29) is 12.1 Å². The summed E-state index contributed by atoms with van der Waals surface area (Å²) < 4.78 is 12.7. The van der Waals surface area contributed by atoms with Crippen molar-refractivity contribution < 1.29 is 9.47 Å². The van der Waals surface area contributed by atoms with E-state index in [2.05, 4.69) is 27.5 Å². The quantitative estimate of drug-likeness (QED) is 0.593. The van der Waals surface area contributed by atoms with E-state index in [0.29, 0.717) is 11.6 Å². The van der Waals surface area contributed by atoms with Gasteiger partial charge in [0.1, 0.15) is 29.0 Å². The van der Waals surface area contributed by atoms with Gasteiger partial charge in [-0.05, 0) is 37.6 Å². The van der Waals surface area contributed by atoms with Crippen molar-refractivity contribution >= 4 is 22.7 Å². The Morgan fingerprint density at radius 1 is 1.21 bits per heavy atom. The zero-order valence-corrected chi connectivity index (χ0v) is 16.3. The van der Waals surface area contributed by atoms with E-state index < -0.39 is 0 Å². The van der Waals surface area contributed by atoms with Crippen LogP contribution in [0.3, 0.4) is 0 Å². The second kappa shape index (κ2) is 7.51. The fourth-order valence-corrected chi connectivity index (χ4v) is 3.57. The predicted molar refractivity (Wildman–Crippen MR) is 108 cm³/mol. The Labute approximate surface area is 163 Å². The summed E-state index contributed by atoms with van der Waals surface area (Å²) in [4.78, 5) is 8.60. The van der Waals surface area contributed by atoms with Crippen LogP contribution in [0.25, 0.3) is 11.0 Å². The minimum atomic E-state index is -0.0585. The van der Waals surface area contributed by atoms with Gasteiger partial charge in [-0.2, -0.15) is 5.10 Å². The second-order valence-corrected chi connectivity index (χ2v) is 6.91. The standard InChI is InChI=1S/C19H25N7O2/c1-11(12-6-14(27-2)8-15(7-12)28-3)24-18-16-17(20)22-10-23-19(16)26(25-18)13-4-5-21-9-13/h6-8,10-11,13,21H,4-5,9H2,1-3H3,(H,24,25)(H2,20,22,23)/t11-,13-/m0/s1. The average Bonchev–Trinajstić information content (AvgIpc) is 3.36. The predicted octanol–water partition coefficient (Wildman–Crippen LogP) is 2.13. The van der Waals surface area contributed by atoms with Crippen LogP contribution in [0.5, 0.6) is 11.5 Å². The molecule has 1 aromatic carbocycles. The van der Waals surface area contributed by atoms with E-state index in [4.69, 9.17) is 20.3 Å². The van der Waals surface area contributed by atoms with Gasteiger partial charge in [-0.25, -0.2) is 14.6 Å². The molecule has 3 heterocycles. The molecule has 1 saturated heterocycles. The lowest BCUT2D eigenvalue weighted by atomic mass is 10.1. The molecular formula is C19H25N7O2. The van der Waals surface area contributed by atoms with Crippen LogP contribution in [0, 0.1) is 0 Å². The van der Waals surface area contributed by atoms with Gasteiger partial charge < -0.3 is 25.8 Å². The second-order valence-electron chi connectivity index (χ2n) is 6.91. The van der Waals surface area contributed by atoms with Crippen molar-refractivity contribution in [1.82, 2.24) is 25.1 Å². The van der Waals surface area contributed by atoms with Crippen LogP contribution in [0.4, 0.5) is 11.6 Å². The number of benzene rings is 1. The van der Waals surface area contributed by atoms with Crippen molar-refractivity contribution in [3.63, 3.8) is 0 Å². The summed E-state index contributed by atoms with van der Waals surface area (Å²) in [5, 5.41) is 12.4. The highest BCUT2D eigenvalue weighted by Crippen LogP contribution is 2.33. The van der Waals surface area contributed by atoms with Crippen molar-refractivity contribution in [2.45, 2.75) is 25.4 Å². The lowest BCUT2D eigenvalue weighted by Crippen LogP contribution is -2.15. The molecule has 0 saturated carbocycles. The fraction of sp³-hybridized carbons (Fsp3) is 0.421. The lowest BCUT2D eigenvalue weighted by Gasteiger charge is -2.16. The number of aromatic nitrogens is 4. The van der Waals surface area contributed by atoms with Crippen LogP contribution in [-0.4, -0.2) is 47.1 Å². The topological polar surface area (TPSA) is 112 Å². The van der Waals surface area contributed by atoms with Gasteiger partial charge in [0, 0.05) is 12.6 Å². The van der Waals surface area contributed by atoms with Crippen molar-refractivity contribution in [3.05, 3.63) is 30.1 Å². The van der Waals surface area contributed by atoms with E-state index >= 15 is 0 Å². The molecule has 3 aromatic rings. The van der Waals surface area contributed by atoms with Crippen molar-refractivity contribution in [1.29, 1.82) is 0 Å². The molecule has 9 heteroatoms. The summed E-state index contributed by atoms with van der Waals surface area (Å²) in [5.41, 5.74) is 7.93. The molecule has 0 aliphatic carbocycles. The average molecular weight is 383 g/mol. The van der Waals surface area contributed by atoms with Crippen molar-refractivity contribution in [3.8, 4) is 11.5 Å². The number of nitrogens with zero attached hydrogens (tertiary/aromatic N) is 4. The van der Waals surface area contributed by atoms with Crippen LogP contribution in [-0.2, 0) is 0 Å². The molecule has 9 nitrogen and oxygen atoms in total. The Bertz CT molecular complexity index is 960. The molecule has 0 amide bonds. The molecule has 0 bridgehead atoms. The van der Waals surface area contributed by atoms with Gasteiger partial charge in [-0.3, -0.25) is 0 Å². The first-order chi connectivity index (χ1) is 13.6. The van der Waals surface area contributed by atoms with E-state index in [0.717, 1.165) is 47.6 Å². The number of methoxy groups -OCH3 is 2. The van der Waals surface area contributed by atoms with Crippen LogP contribution in [0.2, 0.25) is 0 Å². The highest BCUT2D eigenvalue weighted by molar-refractivity contribution is 5.96. The first kappa shape index (κ1) is 18.3. The smallest absolute Gasteiger partial charge is 0.165 e. The Morgan fingerprint density at radius 3 is 2.61 bits per heavy atom. The third kappa shape index (κ3) is 3.29. The minimum absolute atomic E-state index is 0.0585. The number of ether oxygens (including phenoxy) is 2. The number of nitrogens with two attached hydrogens (primary N) is 1. The third-order valence-corrected chi connectivity index (χ3v) is 5.13. The Kier molecular flexibility index (Phi) is 4.91. The number of hydrogen-bond acceptors (Lipinski definition) is 8. The maximum Gasteiger partial charge on any atom is 0.165 e. The molecule has 0 unspecified atom stereocenters. The third-order valence-electron chi connectivity index (χ3n) is 5.13. The Morgan fingerprint density at radius 2 is 1.96 bits per heavy atom. The maximum absolute atomic E-state index is 6.17. The lowest BCUT2D eigenvalue weighted by molar-refractivity contribution is 0.393. The number of nitrogen functional groups attached to an aromatic ring is 1. The zero-order valence-electron chi connectivity index (χ0n) is 16.3. The minimum Gasteiger partial charge on any atom is -0.497 e. The van der Waals surface area contributed by atoms with E-state index in [1.165, 1.54) is 6.33 Å². The summed E-state index contributed by atoms with van der Waals surface area (Å²) in [5.74, 6) is 2.56. The molecule has 148 valence electrons. The molecule has 1 aliphatic rings. The summed E-state index contributed by atoms with van der Waals surface area (Å²) in [6, 6.07) is 5.98. The van der Waals surface area contributed by atoms with E-state index in [1.807, 2.05) is 22.9 Å². The first-order valence-corrected chi connectivity index (χ1v) is 9.29. The van der Waals surface area contributed by atoms with Gasteiger partial charge >= 0.3 is 0 Å². The molecule has 2 atom stereocenters. The molecule has 28 heavy (non-hydrogen) atoms. The van der Waals surface area contributed by atoms with Gasteiger partial charge in [0.15, 0.2) is 11.5 Å². The molecule has 4 N–H and O–H groups in total. The molecule has 0 radical (unpaired) electrons. The number of fused-ring (bicyclic) bond motifs is 1. The summed E-state index contributed by atoms with van der Waals surface area (Å²) >= 11 is 0. The Balaban J connectivity index is 1.71. The SMILES string of the molecule is COc1cc(OC)cc([C@H](C)Nc2nn([C@H]3CCNC3)c3ncnc(N)c23)c1. The molecule has 2 aromatic heterocycles. The van der Waals surface area contributed by atoms with Gasteiger partial charge in [0.2, 0.25) is 0 Å². The van der Waals surface area contributed by atoms with Gasteiger partial charge in [0.05, 0.1) is 26.3 Å². The highest BCUT2D eigenvalue weighted by atomic mass is 16.5. The zero-order chi connectivity index (χ0) is 19.7. The number of rotatable bonds is 6. The summed E-state index contributed by atoms with van der Waals surface area (Å²) in [6.45, 7) is 3.88. The Hall–Kier alpha value is -3.07.